The van der Waals surface area contributed by atoms with Gasteiger partial charge in [-0.2, -0.15) is 0 Å². The summed E-state index contributed by atoms with van der Waals surface area (Å²) in [5.41, 5.74) is 1.50. The van der Waals surface area contributed by atoms with Gasteiger partial charge >= 0.3 is 5.97 Å². The number of hydrogen-bond acceptors (Lipinski definition) is 3. The minimum absolute atomic E-state index is 0.200. The van der Waals surface area contributed by atoms with E-state index < -0.39 is 0 Å². The topological polar surface area (TPSA) is 35.5 Å². The highest BCUT2D eigenvalue weighted by Crippen LogP contribution is 2.26. The molecule has 108 valence electrons. The van der Waals surface area contributed by atoms with Crippen LogP contribution < -0.4 is 4.74 Å². The Kier molecular flexibility index (Phi) is 5.64. The van der Waals surface area contributed by atoms with Crippen molar-refractivity contribution in [2.24, 2.45) is 0 Å². The maximum Gasteiger partial charge on any atom is 0.305 e. The number of ether oxygens (including phenoxy) is 2. The lowest BCUT2D eigenvalue weighted by molar-refractivity contribution is -0.140. The zero-order valence-corrected chi connectivity index (χ0v) is 12.7. The van der Waals surface area contributed by atoms with Gasteiger partial charge in [0.2, 0.25) is 0 Å². The molecule has 0 unspecified atom stereocenters. The van der Waals surface area contributed by atoms with Gasteiger partial charge in [0.05, 0.1) is 12.7 Å². The van der Waals surface area contributed by atoms with Crippen molar-refractivity contribution < 1.29 is 14.3 Å². The van der Waals surface area contributed by atoms with Gasteiger partial charge in [0.15, 0.2) is 0 Å². The second-order valence-corrected chi connectivity index (χ2v) is 5.58. The van der Waals surface area contributed by atoms with Crippen molar-refractivity contribution >= 4 is 5.97 Å². The fraction of sp³-hybridized carbons (Fsp3) is 0.471. The van der Waals surface area contributed by atoms with Crippen LogP contribution in [0.2, 0.25) is 0 Å². The monoisotopic (exact) mass is 274 g/mol. The van der Waals surface area contributed by atoms with Gasteiger partial charge in [-0.1, -0.05) is 18.1 Å². The molecule has 0 N–H and O–H groups in total. The molecule has 0 aliphatic heterocycles. The molecule has 0 aliphatic carbocycles. The lowest BCUT2D eigenvalue weighted by atomic mass is 10.0. The van der Waals surface area contributed by atoms with E-state index in [0.717, 1.165) is 23.3 Å². The van der Waals surface area contributed by atoms with Crippen molar-refractivity contribution in [3.63, 3.8) is 0 Å². The third-order valence-electron chi connectivity index (χ3n) is 2.73. The summed E-state index contributed by atoms with van der Waals surface area (Å²) in [6.45, 7) is 5.95. The van der Waals surface area contributed by atoms with Gasteiger partial charge in [-0.3, -0.25) is 4.79 Å². The fourth-order valence-electron chi connectivity index (χ4n) is 1.89. The average Bonchev–Trinajstić information content (AvgIpc) is 2.37. The van der Waals surface area contributed by atoms with Gasteiger partial charge in [0.25, 0.3) is 0 Å². The van der Waals surface area contributed by atoms with Crippen LogP contribution >= 0.6 is 0 Å². The summed E-state index contributed by atoms with van der Waals surface area (Å²) in [7, 11) is 1.40. The Morgan fingerprint density at radius 1 is 1.35 bits per heavy atom. The Balaban J connectivity index is 2.84. The van der Waals surface area contributed by atoms with E-state index in [1.165, 1.54) is 7.11 Å². The van der Waals surface area contributed by atoms with Crippen LogP contribution in [-0.2, 0) is 16.0 Å². The summed E-state index contributed by atoms with van der Waals surface area (Å²) in [6, 6.07) is 5.78. The molecule has 0 atom stereocenters. The summed E-state index contributed by atoms with van der Waals surface area (Å²) in [4.78, 5) is 11.1. The molecule has 0 aromatic heterocycles. The first-order valence-electron chi connectivity index (χ1n) is 6.71. The van der Waals surface area contributed by atoms with Crippen molar-refractivity contribution in [2.45, 2.75) is 45.6 Å². The Morgan fingerprint density at radius 2 is 2.05 bits per heavy atom. The summed E-state index contributed by atoms with van der Waals surface area (Å²) in [6.07, 6.45) is 7.44. The summed E-state index contributed by atoms with van der Waals surface area (Å²) in [5.74, 6) is 3.22. The van der Waals surface area contributed by atoms with Crippen LogP contribution in [0.4, 0.5) is 0 Å². The number of carbonyl (C=O) groups excluding carboxylic acids is 1. The number of esters is 1. The molecular formula is C17H22O3. The van der Waals surface area contributed by atoms with Crippen molar-refractivity contribution in [1.29, 1.82) is 0 Å². The Hall–Kier alpha value is -1.95. The third-order valence-corrected chi connectivity index (χ3v) is 2.73. The van der Waals surface area contributed by atoms with E-state index >= 15 is 0 Å². The average molecular weight is 274 g/mol. The van der Waals surface area contributed by atoms with Crippen molar-refractivity contribution in [1.82, 2.24) is 0 Å². The highest BCUT2D eigenvalue weighted by Gasteiger charge is 2.15. The maximum atomic E-state index is 11.1. The van der Waals surface area contributed by atoms with Crippen molar-refractivity contribution in [3.8, 4) is 18.1 Å². The number of hydrogen-bond donors (Lipinski definition) is 0. The molecule has 3 nitrogen and oxygen atoms in total. The first kappa shape index (κ1) is 16.1. The van der Waals surface area contributed by atoms with Crippen molar-refractivity contribution in [3.05, 3.63) is 29.3 Å². The van der Waals surface area contributed by atoms with Crippen LogP contribution in [-0.4, -0.2) is 18.7 Å². The molecule has 1 aromatic rings. The second-order valence-electron chi connectivity index (χ2n) is 5.58. The smallest absolute Gasteiger partial charge is 0.305 e. The normalized spacial score (nSPS) is 10.8. The summed E-state index contributed by atoms with van der Waals surface area (Å²) < 4.78 is 10.5. The van der Waals surface area contributed by atoms with Gasteiger partial charge in [-0.25, -0.2) is 0 Å². The zero-order chi connectivity index (χ0) is 15.2. The summed E-state index contributed by atoms with van der Waals surface area (Å²) >= 11 is 0. The van der Waals surface area contributed by atoms with E-state index in [1.807, 2.05) is 39.0 Å². The highest BCUT2D eigenvalue weighted by molar-refractivity contribution is 5.69. The molecule has 0 aliphatic rings. The Labute approximate surface area is 121 Å². The van der Waals surface area contributed by atoms with Crippen LogP contribution in [0, 0.1) is 12.3 Å². The third kappa shape index (κ3) is 4.97. The first-order valence-corrected chi connectivity index (χ1v) is 6.71. The van der Waals surface area contributed by atoms with E-state index in [-0.39, 0.29) is 11.6 Å². The number of aryl methyl sites for hydroxylation is 1. The molecule has 0 heterocycles. The van der Waals surface area contributed by atoms with Gasteiger partial charge in [0.1, 0.15) is 11.4 Å². The van der Waals surface area contributed by atoms with E-state index in [4.69, 9.17) is 11.2 Å². The lowest BCUT2D eigenvalue weighted by Gasteiger charge is -2.23. The van der Waals surface area contributed by atoms with E-state index in [9.17, 15) is 4.79 Å². The van der Waals surface area contributed by atoms with Crippen LogP contribution in [0.1, 0.15) is 44.7 Å². The van der Waals surface area contributed by atoms with Crippen LogP contribution in [0.3, 0.4) is 0 Å². The number of rotatable bonds is 5. The molecule has 1 aromatic carbocycles. The molecular weight excluding hydrogens is 252 g/mol. The number of carbonyl (C=O) groups is 1. The van der Waals surface area contributed by atoms with Gasteiger partial charge < -0.3 is 9.47 Å². The molecule has 0 saturated heterocycles. The molecule has 0 bridgehead atoms. The van der Waals surface area contributed by atoms with Gasteiger partial charge in [-0.15, -0.1) is 6.42 Å². The van der Waals surface area contributed by atoms with Gasteiger partial charge in [0, 0.05) is 6.42 Å². The standard InChI is InChI=1S/C17H22O3/c1-6-14-13(10-8-12-16(18)19-5)9-7-11-15(14)20-17(2,3)4/h1,7,9,11H,8,10,12H2,2-5H3. The summed E-state index contributed by atoms with van der Waals surface area (Å²) in [5, 5.41) is 0. The second kappa shape index (κ2) is 7.00. The number of methoxy groups -OCH3 is 1. The first-order chi connectivity index (χ1) is 9.37. The fourth-order valence-corrected chi connectivity index (χ4v) is 1.89. The quantitative estimate of drug-likeness (QED) is 0.610. The lowest BCUT2D eigenvalue weighted by Crippen LogP contribution is -2.23. The molecule has 1 rings (SSSR count). The minimum atomic E-state index is -0.295. The molecule has 0 spiro atoms. The predicted molar refractivity (Wildman–Crippen MR) is 79.7 cm³/mol. The molecule has 0 fully saturated rings. The Bertz CT molecular complexity index is 504. The van der Waals surface area contributed by atoms with E-state index in [2.05, 4.69) is 10.7 Å². The molecule has 0 saturated carbocycles. The largest absolute Gasteiger partial charge is 0.487 e. The zero-order valence-electron chi connectivity index (χ0n) is 12.7. The van der Waals surface area contributed by atoms with Crippen LogP contribution in [0.25, 0.3) is 0 Å². The van der Waals surface area contributed by atoms with E-state index in [1.54, 1.807) is 0 Å². The van der Waals surface area contributed by atoms with Crippen LogP contribution in [0.5, 0.6) is 5.75 Å². The maximum absolute atomic E-state index is 11.1. The molecule has 0 radical (unpaired) electrons. The highest BCUT2D eigenvalue weighted by atomic mass is 16.5. The SMILES string of the molecule is C#Cc1c(CCCC(=O)OC)cccc1OC(C)(C)C. The van der Waals surface area contributed by atoms with E-state index in [0.29, 0.717) is 12.8 Å². The number of terminal acetylenes is 1. The Morgan fingerprint density at radius 3 is 2.60 bits per heavy atom. The molecule has 3 heteroatoms. The molecule has 0 amide bonds. The van der Waals surface area contributed by atoms with Gasteiger partial charge in [-0.05, 0) is 45.2 Å². The molecule has 20 heavy (non-hydrogen) atoms. The minimum Gasteiger partial charge on any atom is -0.487 e. The predicted octanol–water partition coefficient (Wildman–Crippen LogP) is 3.34. The number of benzene rings is 1. The van der Waals surface area contributed by atoms with Crippen molar-refractivity contribution in [2.75, 3.05) is 7.11 Å². The van der Waals surface area contributed by atoms with Crippen LogP contribution in [0.15, 0.2) is 18.2 Å².